The highest BCUT2D eigenvalue weighted by Gasteiger charge is 2.09. The number of pyridine rings is 1. The Bertz CT molecular complexity index is 563. The summed E-state index contributed by atoms with van der Waals surface area (Å²) in [6.07, 6.45) is 3.21. The summed E-state index contributed by atoms with van der Waals surface area (Å²) in [6.45, 7) is 0.330. The van der Waals surface area contributed by atoms with E-state index in [1.54, 1.807) is 36.3 Å². The van der Waals surface area contributed by atoms with Crippen LogP contribution in [-0.2, 0) is 13.6 Å². The molecule has 0 radical (unpaired) electrons. The second-order valence-electron chi connectivity index (χ2n) is 3.72. The Balaban J connectivity index is 2.00. The van der Waals surface area contributed by atoms with Crippen molar-refractivity contribution >= 4 is 27.7 Å². The first-order valence-electron chi connectivity index (χ1n) is 5.24. The van der Waals surface area contributed by atoms with Gasteiger partial charge < -0.3 is 11.1 Å². The first-order chi connectivity index (χ1) is 8.58. The van der Waals surface area contributed by atoms with Gasteiger partial charge in [-0.05, 0) is 28.1 Å². The smallest absolute Gasteiger partial charge is 0.270 e. The van der Waals surface area contributed by atoms with Crippen molar-refractivity contribution in [2.24, 2.45) is 7.05 Å². The van der Waals surface area contributed by atoms with E-state index < -0.39 is 0 Å². The molecule has 0 aromatic carbocycles. The third kappa shape index (κ3) is 2.67. The maximum Gasteiger partial charge on any atom is 0.270 e. The molecular formula is C11H12BrN5O. The van der Waals surface area contributed by atoms with E-state index in [4.69, 9.17) is 5.73 Å². The molecule has 2 heterocycles. The fourth-order valence-electron chi connectivity index (χ4n) is 1.40. The largest absolute Gasteiger partial charge is 0.384 e. The Hall–Kier alpha value is -1.89. The van der Waals surface area contributed by atoms with E-state index in [-0.39, 0.29) is 5.91 Å². The van der Waals surface area contributed by atoms with Crippen LogP contribution in [0, 0.1) is 0 Å². The molecule has 94 valence electrons. The molecule has 18 heavy (non-hydrogen) atoms. The standard InChI is InChI=1S/C11H12BrN5O/c1-17-10(13)7(5-16-17)4-15-11(18)9-3-2-8(12)6-14-9/h2-3,5-6H,4,13H2,1H3,(H,15,18). The predicted octanol–water partition coefficient (Wildman–Crippen LogP) is 1.09. The molecule has 0 aliphatic heterocycles. The fraction of sp³-hybridized carbons (Fsp3) is 0.182. The zero-order chi connectivity index (χ0) is 13.1. The summed E-state index contributed by atoms with van der Waals surface area (Å²) >= 11 is 3.26. The minimum Gasteiger partial charge on any atom is -0.384 e. The molecule has 2 aromatic rings. The third-order valence-corrected chi connectivity index (χ3v) is 2.93. The molecule has 2 rings (SSSR count). The van der Waals surface area contributed by atoms with Crippen molar-refractivity contribution in [3.63, 3.8) is 0 Å². The van der Waals surface area contributed by atoms with Gasteiger partial charge in [-0.2, -0.15) is 5.10 Å². The van der Waals surface area contributed by atoms with Gasteiger partial charge in [0.1, 0.15) is 11.5 Å². The lowest BCUT2D eigenvalue weighted by Crippen LogP contribution is -2.24. The average Bonchev–Trinajstić information content (AvgIpc) is 2.68. The Kier molecular flexibility index (Phi) is 3.61. The van der Waals surface area contributed by atoms with E-state index >= 15 is 0 Å². The molecule has 0 fully saturated rings. The normalized spacial score (nSPS) is 10.3. The maximum absolute atomic E-state index is 11.8. The van der Waals surface area contributed by atoms with Crippen LogP contribution in [-0.4, -0.2) is 20.7 Å². The number of anilines is 1. The van der Waals surface area contributed by atoms with E-state index in [2.05, 4.69) is 31.3 Å². The van der Waals surface area contributed by atoms with Crippen molar-refractivity contribution in [2.45, 2.75) is 6.54 Å². The van der Waals surface area contributed by atoms with Crippen molar-refractivity contribution in [3.05, 3.63) is 40.3 Å². The highest BCUT2D eigenvalue weighted by atomic mass is 79.9. The van der Waals surface area contributed by atoms with Gasteiger partial charge >= 0.3 is 0 Å². The number of nitrogens with one attached hydrogen (secondary N) is 1. The quantitative estimate of drug-likeness (QED) is 0.888. The number of halogens is 1. The van der Waals surface area contributed by atoms with Gasteiger partial charge in [0.2, 0.25) is 0 Å². The van der Waals surface area contributed by atoms with Crippen molar-refractivity contribution < 1.29 is 4.79 Å². The lowest BCUT2D eigenvalue weighted by molar-refractivity contribution is 0.0946. The van der Waals surface area contributed by atoms with Gasteiger partial charge in [0.05, 0.1) is 6.20 Å². The summed E-state index contributed by atoms with van der Waals surface area (Å²) in [4.78, 5) is 15.8. The van der Waals surface area contributed by atoms with Gasteiger partial charge in [-0.1, -0.05) is 0 Å². The molecule has 0 atom stereocenters. The van der Waals surface area contributed by atoms with Gasteiger partial charge in [0.15, 0.2) is 0 Å². The number of nitrogens with two attached hydrogens (primary N) is 1. The first-order valence-corrected chi connectivity index (χ1v) is 6.03. The molecule has 0 bridgehead atoms. The van der Waals surface area contributed by atoms with Crippen molar-refractivity contribution in [1.29, 1.82) is 0 Å². The summed E-state index contributed by atoms with van der Waals surface area (Å²) < 4.78 is 2.38. The van der Waals surface area contributed by atoms with Gasteiger partial charge in [0, 0.05) is 29.8 Å². The molecule has 0 saturated heterocycles. The summed E-state index contributed by atoms with van der Waals surface area (Å²) in [5, 5.41) is 6.74. The Labute approximate surface area is 112 Å². The summed E-state index contributed by atoms with van der Waals surface area (Å²) in [5.74, 6) is 0.296. The molecule has 7 heteroatoms. The van der Waals surface area contributed by atoms with Crippen LogP contribution in [0.3, 0.4) is 0 Å². The van der Waals surface area contributed by atoms with Crippen LogP contribution in [0.2, 0.25) is 0 Å². The zero-order valence-corrected chi connectivity index (χ0v) is 11.3. The predicted molar refractivity (Wildman–Crippen MR) is 70.7 cm³/mol. The monoisotopic (exact) mass is 309 g/mol. The van der Waals surface area contributed by atoms with Gasteiger partial charge in [-0.15, -0.1) is 0 Å². The number of carbonyl (C=O) groups is 1. The molecular weight excluding hydrogens is 298 g/mol. The number of aryl methyl sites for hydroxylation is 1. The molecule has 0 spiro atoms. The molecule has 6 nitrogen and oxygen atoms in total. The van der Waals surface area contributed by atoms with Crippen LogP contribution in [0.4, 0.5) is 5.82 Å². The number of amides is 1. The molecule has 1 amide bonds. The van der Waals surface area contributed by atoms with Gasteiger partial charge in [-0.25, -0.2) is 4.98 Å². The molecule has 0 aliphatic carbocycles. The molecule has 3 N–H and O–H groups in total. The van der Waals surface area contributed by atoms with Crippen molar-refractivity contribution in [2.75, 3.05) is 5.73 Å². The molecule has 0 saturated carbocycles. The maximum atomic E-state index is 11.8. The minimum absolute atomic E-state index is 0.245. The van der Waals surface area contributed by atoms with Crippen LogP contribution >= 0.6 is 15.9 Å². The Morgan fingerprint density at radius 1 is 1.50 bits per heavy atom. The lowest BCUT2D eigenvalue weighted by atomic mass is 10.3. The van der Waals surface area contributed by atoms with Crippen molar-refractivity contribution in [3.8, 4) is 0 Å². The van der Waals surface area contributed by atoms with E-state index in [9.17, 15) is 4.79 Å². The number of hydrogen-bond acceptors (Lipinski definition) is 4. The van der Waals surface area contributed by atoms with Gasteiger partial charge in [0.25, 0.3) is 5.91 Å². The molecule has 0 aliphatic rings. The van der Waals surface area contributed by atoms with Crippen LogP contribution < -0.4 is 11.1 Å². The van der Waals surface area contributed by atoms with Crippen LogP contribution in [0.25, 0.3) is 0 Å². The topological polar surface area (TPSA) is 85.8 Å². The number of aromatic nitrogens is 3. The third-order valence-electron chi connectivity index (χ3n) is 2.46. The van der Waals surface area contributed by atoms with E-state index in [1.165, 1.54) is 0 Å². The average molecular weight is 310 g/mol. The van der Waals surface area contributed by atoms with Gasteiger partial charge in [-0.3, -0.25) is 9.48 Å². The number of carbonyl (C=O) groups excluding carboxylic acids is 1. The highest BCUT2D eigenvalue weighted by molar-refractivity contribution is 9.10. The van der Waals surface area contributed by atoms with Crippen LogP contribution in [0.15, 0.2) is 29.0 Å². The Morgan fingerprint density at radius 2 is 2.28 bits per heavy atom. The summed E-state index contributed by atoms with van der Waals surface area (Å²) in [7, 11) is 1.75. The second-order valence-corrected chi connectivity index (χ2v) is 4.64. The van der Waals surface area contributed by atoms with Crippen molar-refractivity contribution in [1.82, 2.24) is 20.1 Å². The van der Waals surface area contributed by atoms with E-state index in [0.29, 0.717) is 18.1 Å². The summed E-state index contributed by atoms with van der Waals surface area (Å²) in [5.41, 5.74) is 6.92. The number of nitrogen functional groups attached to an aromatic ring is 1. The SMILES string of the molecule is Cn1ncc(CNC(=O)c2ccc(Br)cn2)c1N. The molecule has 0 unspecified atom stereocenters. The van der Waals surface area contributed by atoms with E-state index in [0.717, 1.165) is 10.0 Å². The number of rotatable bonds is 3. The number of nitrogens with zero attached hydrogens (tertiary/aromatic N) is 3. The van der Waals surface area contributed by atoms with Crippen LogP contribution in [0.5, 0.6) is 0 Å². The second kappa shape index (κ2) is 5.18. The number of hydrogen-bond donors (Lipinski definition) is 2. The highest BCUT2D eigenvalue weighted by Crippen LogP contribution is 2.10. The van der Waals surface area contributed by atoms with Crippen LogP contribution in [0.1, 0.15) is 16.1 Å². The fourth-order valence-corrected chi connectivity index (χ4v) is 1.64. The lowest BCUT2D eigenvalue weighted by Gasteiger charge is -2.04. The first kappa shape index (κ1) is 12.6. The summed E-state index contributed by atoms with van der Waals surface area (Å²) in [6, 6.07) is 3.41. The Morgan fingerprint density at radius 3 is 2.83 bits per heavy atom. The minimum atomic E-state index is -0.245. The van der Waals surface area contributed by atoms with E-state index in [1.807, 2.05) is 0 Å². The molecule has 2 aromatic heterocycles. The zero-order valence-electron chi connectivity index (χ0n) is 9.72.